The van der Waals surface area contributed by atoms with Gasteiger partial charge in [0.2, 0.25) is 0 Å². The molecular weight excluding hydrogens is 377 g/mol. The van der Waals surface area contributed by atoms with Crippen molar-refractivity contribution in [3.05, 3.63) is 60.2 Å². The molecule has 0 N–H and O–H groups in total. The topological polar surface area (TPSA) is 68.6 Å². The Morgan fingerprint density at radius 1 is 1.07 bits per heavy atom. The quantitative estimate of drug-likeness (QED) is 0.513. The number of rotatable bonds is 6. The van der Waals surface area contributed by atoms with Crippen LogP contribution in [0, 0.1) is 11.3 Å². The second-order valence-corrected chi connectivity index (χ2v) is 8.60. The molecule has 1 aliphatic rings. The Bertz CT molecular complexity index is 871. The van der Waals surface area contributed by atoms with Gasteiger partial charge < -0.3 is 14.0 Å². The van der Waals surface area contributed by atoms with Gasteiger partial charge in [0.05, 0.1) is 31.1 Å². The summed E-state index contributed by atoms with van der Waals surface area (Å²) in [7, 11) is -0.493. The molecule has 0 spiro atoms. The van der Waals surface area contributed by atoms with E-state index in [1.807, 2.05) is 39.0 Å². The van der Waals surface area contributed by atoms with Gasteiger partial charge in [-0.05, 0) is 43.9 Å². The van der Waals surface area contributed by atoms with Gasteiger partial charge >= 0.3 is 13.1 Å². The number of ether oxygens (including phenoxy) is 1. The third-order valence-corrected chi connectivity index (χ3v) is 4.81. The first-order chi connectivity index (χ1) is 14.3. The highest BCUT2D eigenvalue weighted by Gasteiger charge is 2.35. The number of nitriles is 1. The van der Waals surface area contributed by atoms with Crippen LogP contribution in [0.2, 0.25) is 0 Å². The summed E-state index contributed by atoms with van der Waals surface area (Å²) in [5, 5.41) is 9.09. The normalized spacial score (nSPS) is 19.2. The van der Waals surface area contributed by atoms with E-state index in [0.717, 1.165) is 11.1 Å². The van der Waals surface area contributed by atoms with Crippen LogP contribution < -0.4 is 0 Å². The Morgan fingerprint density at radius 3 is 2.33 bits per heavy atom. The minimum absolute atomic E-state index is 0.159. The van der Waals surface area contributed by atoms with Crippen molar-refractivity contribution in [3.63, 3.8) is 0 Å². The van der Waals surface area contributed by atoms with Gasteiger partial charge in [-0.1, -0.05) is 54.6 Å². The Labute approximate surface area is 179 Å². The molecule has 1 heterocycles. The molecule has 6 heteroatoms. The molecule has 2 aromatic rings. The van der Waals surface area contributed by atoms with E-state index < -0.39 is 12.7 Å². The van der Waals surface area contributed by atoms with Crippen molar-refractivity contribution in [1.29, 1.82) is 5.26 Å². The van der Waals surface area contributed by atoms with Crippen molar-refractivity contribution in [2.75, 3.05) is 0 Å². The summed E-state index contributed by atoms with van der Waals surface area (Å²) in [5.74, 6) is -0.295. The van der Waals surface area contributed by atoms with Gasteiger partial charge in [0.25, 0.3) is 0 Å². The number of nitrogens with zero attached hydrogens (tertiary/aromatic N) is 1. The molecule has 0 saturated carbocycles. The summed E-state index contributed by atoms with van der Waals surface area (Å²) in [6.45, 7) is 5.53. The average molecular weight is 405 g/mol. The fourth-order valence-electron chi connectivity index (χ4n) is 3.55. The molecule has 0 radical (unpaired) electrons. The SMILES string of the molecule is CC(C)(C)OC(=O)C[C@H]1C[C@@H](CC#N)OB(Cc2ccc(-c3ccccc3)cc2)O1. The maximum absolute atomic E-state index is 12.2. The summed E-state index contributed by atoms with van der Waals surface area (Å²) in [6.07, 6.45) is 0.937. The van der Waals surface area contributed by atoms with Gasteiger partial charge in [0, 0.05) is 6.32 Å². The third kappa shape index (κ3) is 6.72. The zero-order valence-corrected chi connectivity index (χ0v) is 17.8. The van der Waals surface area contributed by atoms with E-state index in [1.165, 1.54) is 5.56 Å². The highest BCUT2D eigenvalue weighted by atomic mass is 16.6. The smallest absolute Gasteiger partial charge is 0.460 e. The number of esters is 1. The van der Waals surface area contributed by atoms with E-state index in [0.29, 0.717) is 12.7 Å². The maximum Gasteiger partial charge on any atom is 0.461 e. The maximum atomic E-state index is 12.2. The lowest BCUT2D eigenvalue weighted by Gasteiger charge is -2.33. The molecule has 0 aliphatic carbocycles. The van der Waals surface area contributed by atoms with E-state index in [-0.39, 0.29) is 31.0 Å². The molecular formula is C24H28BNO4. The number of carbonyl (C=O) groups is 1. The van der Waals surface area contributed by atoms with Crippen LogP contribution in [0.25, 0.3) is 11.1 Å². The molecule has 30 heavy (non-hydrogen) atoms. The largest absolute Gasteiger partial charge is 0.461 e. The first kappa shape index (κ1) is 22.1. The number of hydrogen-bond donors (Lipinski definition) is 0. The van der Waals surface area contributed by atoms with Crippen LogP contribution in [0.4, 0.5) is 0 Å². The van der Waals surface area contributed by atoms with E-state index in [1.54, 1.807) is 0 Å². The molecule has 156 valence electrons. The van der Waals surface area contributed by atoms with Crippen molar-refractivity contribution in [2.24, 2.45) is 0 Å². The summed E-state index contributed by atoms with van der Waals surface area (Å²) < 4.78 is 17.4. The van der Waals surface area contributed by atoms with Crippen LogP contribution in [0.1, 0.15) is 45.6 Å². The van der Waals surface area contributed by atoms with Crippen LogP contribution in [0.15, 0.2) is 54.6 Å². The van der Waals surface area contributed by atoms with Crippen molar-refractivity contribution in [3.8, 4) is 17.2 Å². The van der Waals surface area contributed by atoms with E-state index >= 15 is 0 Å². The zero-order chi connectivity index (χ0) is 21.6. The fourth-order valence-corrected chi connectivity index (χ4v) is 3.55. The minimum Gasteiger partial charge on any atom is -0.460 e. The van der Waals surface area contributed by atoms with Gasteiger partial charge in [-0.15, -0.1) is 0 Å². The monoisotopic (exact) mass is 405 g/mol. The lowest BCUT2D eigenvalue weighted by Crippen LogP contribution is -2.44. The number of hydrogen-bond acceptors (Lipinski definition) is 5. The number of carbonyl (C=O) groups excluding carboxylic acids is 1. The molecule has 0 amide bonds. The molecule has 1 fully saturated rings. The van der Waals surface area contributed by atoms with Crippen LogP contribution >= 0.6 is 0 Å². The molecule has 0 bridgehead atoms. The summed E-state index contributed by atoms with van der Waals surface area (Å²) in [6, 6.07) is 20.7. The Kier molecular flexibility index (Phi) is 7.31. The second kappa shape index (κ2) is 9.93. The molecule has 1 aliphatic heterocycles. The van der Waals surface area contributed by atoms with Crippen molar-refractivity contribution in [2.45, 2.75) is 64.2 Å². The Hall–Kier alpha value is -2.62. The first-order valence-corrected chi connectivity index (χ1v) is 10.4. The second-order valence-electron chi connectivity index (χ2n) is 8.60. The Morgan fingerprint density at radius 2 is 1.70 bits per heavy atom. The lowest BCUT2D eigenvalue weighted by molar-refractivity contribution is -0.157. The average Bonchev–Trinajstić information content (AvgIpc) is 2.68. The molecule has 1 saturated heterocycles. The van der Waals surface area contributed by atoms with Crippen molar-refractivity contribution in [1.82, 2.24) is 0 Å². The van der Waals surface area contributed by atoms with Crippen LogP contribution in [0.3, 0.4) is 0 Å². The summed E-state index contributed by atoms with van der Waals surface area (Å²) in [4.78, 5) is 12.2. The van der Waals surface area contributed by atoms with Gasteiger partial charge in [-0.3, -0.25) is 4.79 Å². The van der Waals surface area contributed by atoms with E-state index in [2.05, 4.69) is 42.5 Å². The van der Waals surface area contributed by atoms with Crippen LogP contribution in [-0.2, 0) is 25.2 Å². The van der Waals surface area contributed by atoms with Crippen LogP contribution in [-0.4, -0.2) is 30.9 Å². The van der Waals surface area contributed by atoms with Crippen molar-refractivity contribution >= 4 is 13.1 Å². The van der Waals surface area contributed by atoms with E-state index in [4.69, 9.17) is 19.3 Å². The molecule has 2 aromatic carbocycles. The van der Waals surface area contributed by atoms with Gasteiger partial charge in [0.1, 0.15) is 5.60 Å². The summed E-state index contributed by atoms with van der Waals surface area (Å²) >= 11 is 0. The predicted octanol–water partition coefficient (Wildman–Crippen LogP) is 4.74. The highest BCUT2D eigenvalue weighted by molar-refractivity contribution is 6.44. The fraction of sp³-hybridized carbons (Fsp3) is 0.417. The molecule has 0 unspecified atom stereocenters. The summed E-state index contributed by atoms with van der Waals surface area (Å²) in [5.41, 5.74) is 2.86. The Balaban J connectivity index is 1.63. The first-order valence-electron chi connectivity index (χ1n) is 10.4. The van der Waals surface area contributed by atoms with Gasteiger partial charge in [-0.2, -0.15) is 5.26 Å². The number of benzene rings is 2. The zero-order valence-electron chi connectivity index (χ0n) is 17.8. The highest BCUT2D eigenvalue weighted by Crippen LogP contribution is 2.25. The van der Waals surface area contributed by atoms with Crippen LogP contribution in [0.5, 0.6) is 0 Å². The molecule has 5 nitrogen and oxygen atoms in total. The van der Waals surface area contributed by atoms with E-state index in [9.17, 15) is 4.79 Å². The van der Waals surface area contributed by atoms with Gasteiger partial charge in [0.15, 0.2) is 0 Å². The van der Waals surface area contributed by atoms with Gasteiger partial charge in [-0.25, -0.2) is 0 Å². The third-order valence-electron chi connectivity index (χ3n) is 4.81. The minimum atomic E-state index is -0.534. The predicted molar refractivity (Wildman–Crippen MR) is 116 cm³/mol. The molecule has 2 atom stereocenters. The standard InChI is InChI=1S/C24H28BNO4/c1-24(2,3)28-23(27)16-22-15-21(13-14-26)29-25(30-22)17-18-9-11-20(12-10-18)19-7-5-4-6-8-19/h4-12,21-22H,13,15-17H2,1-3H3/t21-,22-/m1/s1. The van der Waals surface area contributed by atoms with Crippen molar-refractivity contribution < 1.29 is 18.8 Å². The lowest BCUT2D eigenvalue weighted by atomic mass is 9.77. The molecule has 0 aromatic heterocycles. The molecule has 3 rings (SSSR count).